The van der Waals surface area contributed by atoms with E-state index in [1.807, 2.05) is 18.2 Å². The first kappa shape index (κ1) is 15.7. The lowest BCUT2D eigenvalue weighted by molar-refractivity contribution is 0.108. The first-order valence-corrected chi connectivity index (χ1v) is 6.63. The van der Waals surface area contributed by atoms with E-state index in [9.17, 15) is 4.79 Å². The molecule has 3 nitrogen and oxygen atoms in total. The molecule has 0 aliphatic carbocycles. The zero-order chi connectivity index (χ0) is 14.1. The fourth-order valence-corrected chi connectivity index (χ4v) is 2.39. The molecule has 2 heterocycles. The fraction of sp³-hybridized carbons (Fsp3) is 0. The van der Waals surface area contributed by atoms with E-state index in [0.29, 0.717) is 32.9 Å². The van der Waals surface area contributed by atoms with Crippen molar-refractivity contribution in [2.24, 2.45) is 0 Å². The predicted molar refractivity (Wildman–Crippen MR) is 87.4 cm³/mol. The standard InChI is InChI=1S/C15H8Cl2N2O.ClH/c16-11-5-3-4-9-10(15(17)20)8-13(19-14(9)11)12-6-1-2-7-18-12;/h1-8H;1H. The Morgan fingerprint density at radius 1 is 1.05 bits per heavy atom. The number of hydrogen-bond donors (Lipinski definition) is 0. The van der Waals surface area contributed by atoms with Crippen LogP contribution in [-0.2, 0) is 0 Å². The number of nitrogens with zero attached hydrogens (tertiary/aromatic N) is 2. The van der Waals surface area contributed by atoms with E-state index in [1.54, 1.807) is 30.5 Å². The Balaban J connectivity index is 0.00000161. The number of carbonyl (C=O) groups excluding carboxylic acids is 1. The van der Waals surface area contributed by atoms with E-state index in [4.69, 9.17) is 23.2 Å². The molecule has 0 unspecified atom stereocenters. The van der Waals surface area contributed by atoms with Crippen LogP contribution in [-0.4, -0.2) is 15.2 Å². The van der Waals surface area contributed by atoms with Gasteiger partial charge >= 0.3 is 0 Å². The summed E-state index contributed by atoms with van der Waals surface area (Å²) < 4.78 is 0. The summed E-state index contributed by atoms with van der Waals surface area (Å²) in [5, 5.41) is 0.563. The Hall–Kier alpha value is -1.68. The molecule has 3 rings (SSSR count). The molecule has 0 radical (unpaired) electrons. The van der Waals surface area contributed by atoms with E-state index < -0.39 is 5.24 Å². The highest BCUT2D eigenvalue weighted by Crippen LogP contribution is 2.29. The van der Waals surface area contributed by atoms with E-state index in [1.165, 1.54) is 0 Å². The van der Waals surface area contributed by atoms with Crippen LogP contribution in [0.15, 0.2) is 48.7 Å². The van der Waals surface area contributed by atoms with Crippen molar-refractivity contribution in [3.8, 4) is 11.4 Å². The molecule has 106 valence electrons. The number of aromatic nitrogens is 2. The quantitative estimate of drug-likeness (QED) is 0.633. The lowest BCUT2D eigenvalue weighted by Gasteiger charge is -2.07. The van der Waals surface area contributed by atoms with Gasteiger partial charge in [-0.3, -0.25) is 9.78 Å². The van der Waals surface area contributed by atoms with E-state index in [-0.39, 0.29) is 12.4 Å². The SMILES string of the molecule is Cl.O=C(Cl)c1cc(-c2ccccn2)nc2c(Cl)cccc12. The largest absolute Gasteiger partial charge is 0.276 e. The third kappa shape index (κ3) is 3.00. The van der Waals surface area contributed by atoms with E-state index >= 15 is 0 Å². The molecule has 21 heavy (non-hydrogen) atoms. The highest BCUT2D eigenvalue weighted by molar-refractivity contribution is 6.68. The highest BCUT2D eigenvalue weighted by atomic mass is 35.5. The summed E-state index contributed by atoms with van der Waals surface area (Å²) in [5.74, 6) is 0. The van der Waals surface area contributed by atoms with Gasteiger partial charge < -0.3 is 0 Å². The normalized spacial score (nSPS) is 10.2. The molecule has 0 bridgehead atoms. The molecule has 6 heteroatoms. The summed E-state index contributed by atoms with van der Waals surface area (Å²) >= 11 is 11.8. The zero-order valence-corrected chi connectivity index (χ0v) is 12.9. The molecule has 0 fully saturated rings. The smallest absolute Gasteiger partial charge is 0.253 e. The molecular formula is C15H9Cl3N2O. The Bertz CT molecular complexity index is 807. The van der Waals surface area contributed by atoms with Crippen LogP contribution in [0.1, 0.15) is 10.4 Å². The number of halogens is 3. The lowest BCUT2D eigenvalue weighted by atomic mass is 10.1. The second kappa shape index (κ2) is 6.39. The van der Waals surface area contributed by atoms with Crippen LogP contribution in [0.2, 0.25) is 5.02 Å². The minimum Gasteiger partial charge on any atom is -0.276 e. The van der Waals surface area contributed by atoms with Crippen LogP contribution in [0.25, 0.3) is 22.3 Å². The van der Waals surface area contributed by atoms with Crippen LogP contribution in [0.4, 0.5) is 0 Å². The van der Waals surface area contributed by atoms with Gasteiger partial charge in [0.15, 0.2) is 0 Å². The molecule has 0 saturated heterocycles. The molecule has 3 aromatic rings. The van der Waals surface area contributed by atoms with Crippen molar-refractivity contribution in [2.45, 2.75) is 0 Å². The molecule has 0 N–H and O–H groups in total. The number of hydrogen-bond acceptors (Lipinski definition) is 3. The maximum Gasteiger partial charge on any atom is 0.253 e. The Kier molecular flexibility index (Phi) is 4.78. The number of pyridine rings is 2. The van der Waals surface area contributed by atoms with Gasteiger partial charge in [0.2, 0.25) is 0 Å². The number of rotatable bonds is 2. The third-order valence-corrected chi connectivity index (χ3v) is 3.44. The van der Waals surface area contributed by atoms with Gasteiger partial charge in [-0.05, 0) is 35.9 Å². The molecular weight excluding hydrogens is 331 g/mol. The van der Waals surface area contributed by atoms with Crippen molar-refractivity contribution in [3.63, 3.8) is 0 Å². The predicted octanol–water partition coefficient (Wildman–Crippen LogP) is 4.75. The summed E-state index contributed by atoms with van der Waals surface area (Å²) in [4.78, 5) is 20.3. The molecule has 0 aliphatic rings. The maximum atomic E-state index is 11.6. The highest BCUT2D eigenvalue weighted by Gasteiger charge is 2.14. The molecule has 0 spiro atoms. The number of benzene rings is 1. The van der Waals surface area contributed by atoms with Crippen molar-refractivity contribution >= 4 is 51.8 Å². The van der Waals surface area contributed by atoms with Crippen molar-refractivity contribution in [2.75, 3.05) is 0 Å². The zero-order valence-electron chi connectivity index (χ0n) is 10.6. The van der Waals surface area contributed by atoms with E-state index in [0.717, 1.165) is 0 Å². The average molecular weight is 340 g/mol. The van der Waals surface area contributed by atoms with Gasteiger partial charge in [0.05, 0.1) is 21.9 Å². The summed E-state index contributed by atoms with van der Waals surface area (Å²) in [6.45, 7) is 0. The second-order valence-electron chi connectivity index (χ2n) is 4.18. The lowest BCUT2D eigenvalue weighted by Crippen LogP contribution is -1.97. The van der Waals surface area contributed by atoms with Crippen LogP contribution in [0.5, 0.6) is 0 Å². The van der Waals surface area contributed by atoms with Crippen LogP contribution in [0, 0.1) is 0 Å². The second-order valence-corrected chi connectivity index (χ2v) is 4.93. The van der Waals surface area contributed by atoms with Crippen molar-refractivity contribution < 1.29 is 4.79 Å². The number of carbonyl (C=O) groups is 1. The Morgan fingerprint density at radius 2 is 1.86 bits per heavy atom. The molecule has 0 amide bonds. The third-order valence-electron chi connectivity index (χ3n) is 2.93. The summed E-state index contributed by atoms with van der Waals surface area (Å²) in [6, 6.07) is 12.4. The van der Waals surface area contributed by atoms with Crippen LogP contribution < -0.4 is 0 Å². The minimum atomic E-state index is -0.545. The number of para-hydroxylation sites is 1. The van der Waals surface area contributed by atoms with Gasteiger partial charge in [-0.25, -0.2) is 4.98 Å². The molecule has 0 atom stereocenters. The fourth-order valence-electron chi connectivity index (χ4n) is 2.02. The molecule has 0 saturated carbocycles. The van der Waals surface area contributed by atoms with Crippen LogP contribution in [0.3, 0.4) is 0 Å². The summed E-state index contributed by atoms with van der Waals surface area (Å²) in [6.07, 6.45) is 1.66. The molecule has 2 aromatic heterocycles. The summed E-state index contributed by atoms with van der Waals surface area (Å²) in [7, 11) is 0. The topological polar surface area (TPSA) is 42.9 Å². The van der Waals surface area contributed by atoms with Gasteiger partial charge in [-0.1, -0.05) is 29.8 Å². The van der Waals surface area contributed by atoms with Gasteiger partial charge in [-0.15, -0.1) is 12.4 Å². The van der Waals surface area contributed by atoms with Crippen molar-refractivity contribution in [3.05, 3.63) is 59.2 Å². The van der Waals surface area contributed by atoms with Gasteiger partial charge in [-0.2, -0.15) is 0 Å². The minimum absolute atomic E-state index is 0. The van der Waals surface area contributed by atoms with Gasteiger partial charge in [0, 0.05) is 17.1 Å². The molecule has 1 aromatic carbocycles. The Labute approximate surface area is 137 Å². The summed E-state index contributed by atoms with van der Waals surface area (Å²) in [5.41, 5.74) is 2.14. The van der Waals surface area contributed by atoms with Gasteiger partial charge in [0.25, 0.3) is 5.24 Å². The first-order chi connectivity index (χ1) is 9.66. The first-order valence-electron chi connectivity index (χ1n) is 5.87. The van der Waals surface area contributed by atoms with Crippen LogP contribution >= 0.6 is 35.6 Å². The monoisotopic (exact) mass is 338 g/mol. The van der Waals surface area contributed by atoms with Crippen molar-refractivity contribution in [1.29, 1.82) is 0 Å². The Morgan fingerprint density at radius 3 is 2.52 bits per heavy atom. The molecule has 0 aliphatic heterocycles. The van der Waals surface area contributed by atoms with Crippen molar-refractivity contribution in [1.82, 2.24) is 9.97 Å². The van der Waals surface area contributed by atoms with E-state index in [2.05, 4.69) is 9.97 Å². The maximum absolute atomic E-state index is 11.6. The number of fused-ring (bicyclic) bond motifs is 1. The average Bonchev–Trinajstić information content (AvgIpc) is 2.47. The van der Waals surface area contributed by atoms with Gasteiger partial charge in [0.1, 0.15) is 0 Å².